The van der Waals surface area contributed by atoms with E-state index in [0.717, 1.165) is 11.1 Å². The molecule has 0 heterocycles. The molecule has 6 heteroatoms. The van der Waals surface area contributed by atoms with Crippen molar-refractivity contribution in [1.29, 1.82) is 0 Å². The molecule has 0 aliphatic carbocycles. The minimum Gasteiger partial charge on any atom is -0.489 e. The first kappa shape index (κ1) is 33.2. The number of hydrogen-bond donors (Lipinski definition) is 0. The Morgan fingerprint density at radius 2 is 0.775 bits per heavy atom. The summed E-state index contributed by atoms with van der Waals surface area (Å²) in [6, 6.07) is 29.1. The van der Waals surface area contributed by atoms with E-state index in [1.54, 1.807) is 36.4 Å². The second kappa shape index (κ2) is 20.2. The zero-order valence-electron chi connectivity index (χ0n) is 23.4. The molecule has 208 valence electrons. The molecule has 0 saturated carbocycles. The van der Waals surface area contributed by atoms with E-state index >= 15 is 0 Å². The smallest absolute Gasteiger partial charge is 0.150 e. The van der Waals surface area contributed by atoms with Gasteiger partial charge in [-0.15, -0.1) is 0 Å². The molecule has 0 aromatic heterocycles. The zero-order chi connectivity index (χ0) is 29.6. The Morgan fingerprint density at radius 3 is 1.07 bits per heavy atom. The molecule has 4 rings (SSSR count). The van der Waals surface area contributed by atoms with Gasteiger partial charge in [0.25, 0.3) is 0 Å². The van der Waals surface area contributed by atoms with Gasteiger partial charge in [0, 0.05) is 22.3 Å². The van der Waals surface area contributed by atoms with Crippen molar-refractivity contribution in [2.75, 3.05) is 0 Å². The quantitative estimate of drug-likeness (QED) is 0.191. The Labute approximate surface area is 236 Å². The van der Waals surface area contributed by atoms with Gasteiger partial charge in [0.2, 0.25) is 0 Å². The maximum Gasteiger partial charge on any atom is 0.150 e. The normalized spacial score (nSPS) is 9.10. The van der Waals surface area contributed by atoms with Crippen LogP contribution in [-0.2, 0) is 13.2 Å². The minimum atomic E-state index is 0.343. The van der Waals surface area contributed by atoms with Crippen molar-refractivity contribution >= 4 is 25.1 Å². The maximum atomic E-state index is 10.8. The lowest BCUT2D eigenvalue weighted by Crippen LogP contribution is -1.97. The summed E-state index contributed by atoms with van der Waals surface area (Å²) in [5.41, 5.74) is 3.52. The molecular weight excluding hydrogens is 504 g/mol. The average Bonchev–Trinajstić information content (AvgIpc) is 3.05. The molecule has 0 radical (unpaired) electrons. The number of carbonyl (C=O) groups is 4. The molecule has 0 unspecified atom stereocenters. The van der Waals surface area contributed by atoms with Crippen LogP contribution in [0.15, 0.2) is 97.1 Å². The number of hydrogen-bond acceptors (Lipinski definition) is 6. The lowest BCUT2D eigenvalue weighted by atomic mass is 10.1. The summed E-state index contributed by atoms with van der Waals surface area (Å²) >= 11 is 0. The maximum absolute atomic E-state index is 10.8. The predicted molar refractivity (Wildman–Crippen MR) is 159 cm³/mol. The van der Waals surface area contributed by atoms with E-state index in [1.165, 1.54) is 0 Å². The Kier molecular flexibility index (Phi) is 16.7. The molecule has 6 nitrogen and oxygen atoms in total. The summed E-state index contributed by atoms with van der Waals surface area (Å²) in [4.78, 5) is 43.0. The van der Waals surface area contributed by atoms with Crippen LogP contribution in [-0.4, -0.2) is 25.1 Å². The Morgan fingerprint density at radius 1 is 0.450 bits per heavy atom. The number of benzene rings is 4. The van der Waals surface area contributed by atoms with Crippen molar-refractivity contribution in [2.45, 2.75) is 40.9 Å². The van der Waals surface area contributed by atoms with Crippen molar-refractivity contribution in [3.8, 4) is 11.5 Å². The van der Waals surface area contributed by atoms with Crippen LogP contribution in [0.25, 0.3) is 0 Å². The molecule has 0 fully saturated rings. The van der Waals surface area contributed by atoms with Gasteiger partial charge in [-0.2, -0.15) is 0 Å². The summed E-state index contributed by atoms with van der Waals surface area (Å²) in [6.45, 7) is 8.86. The van der Waals surface area contributed by atoms with Gasteiger partial charge in [-0.05, 0) is 47.5 Å². The summed E-state index contributed by atoms with van der Waals surface area (Å²) in [7, 11) is 0. The Bertz CT molecular complexity index is 1200. The van der Waals surface area contributed by atoms with Crippen LogP contribution in [0.1, 0.15) is 80.3 Å². The lowest BCUT2D eigenvalue weighted by Gasteiger charge is -2.07. The van der Waals surface area contributed by atoms with E-state index in [2.05, 4.69) is 0 Å². The highest BCUT2D eigenvalue weighted by Gasteiger charge is 2.04. The molecule has 0 aliphatic heterocycles. The summed E-state index contributed by atoms with van der Waals surface area (Å²) < 4.78 is 11.1. The first-order chi connectivity index (χ1) is 19.7. The van der Waals surface area contributed by atoms with E-state index in [4.69, 9.17) is 9.47 Å². The van der Waals surface area contributed by atoms with Crippen LogP contribution in [0.4, 0.5) is 0 Å². The van der Waals surface area contributed by atoms with E-state index < -0.39 is 0 Å². The first-order valence-electron chi connectivity index (χ1n) is 13.1. The molecule has 0 aliphatic rings. The van der Waals surface area contributed by atoms with Gasteiger partial charge >= 0.3 is 0 Å². The summed E-state index contributed by atoms with van der Waals surface area (Å²) in [6.07, 6.45) is 2.62. The topological polar surface area (TPSA) is 86.7 Å². The van der Waals surface area contributed by atoms with Crippen molar-refractivity contribution in [2.24, 2.45) is 0 Å². The molecule has 0 N–H and O–H groups in total. The zero-order valence-corrected chi connectivity index (χ0v) is 23.4. The van der Waals surface area contributed by atoms with Crippen LogP contribution >= 0.6 is 0 Å². The monoisotopic (exact) mass is 540 g/mol. The van der Waals surface area contributed by atoms with E-state index in [0.29, 0.717) is 72.1 Å². The summed E-state index contributed by atoms with van der Waals surface area (Å²) in [5, 5.41) is 0. The second-order valence-corrected chi connectivity index (χ2v) is 7.60. The van der Waals surface area contributed by atoms with Crippen LogP contribution in [0.2, 0.25) is 0 Å². The second-order valence-electron chi connectivity index (χ2n) is 7.60. The molecule has 0 spiro atoms. The minimum absolute atomic E-state index is 0.343. The van der Waals surface area contributed by atoms with Gasteiger partial charge in [-0.1, -0.05) is 88.4 Å². The number of aldehydes is 4. The van der Waals surface area contributed by atoms with Gasteiger partial charge in [-0.3, -0.25) is 19.2 Å². The average molecular weight is 541 g/mol. The van der Waals surface area contributed by atoms with E-state index in [1.807, 2.05) is 88.4 Å². The number of ether oxygens (including phenoxy) is 2. The molecule has 0 amide bonds. The molecule has 0 saturated heterocycles. The fourth-order valence-electron chi connectivity index (χ4n) is 3.19. The highest BCUT2D eigenvalue weighted by molar-refractivity contribution is 5.91. The van der Waals surface area contributed by atoms with Crippen molar-refractivity contribution in [3.63, 3.8) is 0 Å². The summed E-state index contributed by atoms with van der Waals surface area (Å²) in [5.74, 6) is 1.15. The Balaban J connectivity index is 0.000000356. The fraction of sp³-hybridized carbons (Fsp3) is 0.176. The highest BCUT2D eigenvalue weighted by Crippen LogP contribution is 2.18. The molecule has 4 aromatic carbocycles. The van der Waals surface area contributed by atoms with Gasteiger partial charge in [0.05, 0.1) is 0 Å². The van der Waals surface area contributed by atoms with E-state index in [-0.39, 0.29) is 0 Å². The van der Waals surface area contributed by atoms with Gasteiger partial charge in [0.15, 0.2) is 25.1 Å². The molecular formula is C34H36O6. The van der Waals surface area contributed by atoms with Crippen LogP contribution in [0.5, 0.6) is 11.5 Å². The van der Waals surface area contributed by atoms with Gasteiger partial charge in [-0.25, -0.2) is 0 Å². The predicted octanol–water partition coefficient (Wildman–Crippen LogP) is 7.83. The third-order valence-electron chi connectivity index (χ3n) is 5.12. The lowest BCUT2D eigenvalue weighted by molar-refractivity contribution is 0.109. The third kappa shape index (κ3) is 11.3. The third-order valence-corrected chi connectivity index (χ3v) is 5.12. The van der Waals surface area contributed by atoms with Gasteiger partial charge in [0.1, 0.15) is 24.7 Å². The standard InChI is InChI=1S/2C15H12O3.2C2H6/c2*16-9-13-6-7-15(8-14(13)10-17)18-11-12-4-2-1-3-5-12;2*1-2/h2*1-10H,11H2;2*1-2H3. The fourth-order valence-corrected chi connectivity index (χ4v) is 3.19. The van der Waals surface area contributed by atoms with Crippen molar-refractivity contribution in [1.82, 2.24) is 0 Å². The van der Waals surface area contributed by atoms with Crippen LogP contribution in [0.3, 0.4) is 0 Å². The number of carbonyl (C=O) groups excluding carboxylic acids is 4. The Hall–Kier alpha value is -4.84. The first-order valence-corrected chi connectivity index (χ1v) is 13.1. The van der Waals surface area contributed by atoms with Crippen molar-refractivity contribution in [3.05, 3.63) is 130 Å². The van der Waals surface area contributed by atoms with Crippen LogP contribution < -0.4 is 9.47 Å². The molecule has 0 atom stereocenters. The van der Waals surface area contributed by atoms with Crippen LogP contribution in [0, 0.1) is 0 Å². The van der Waals surface area contributed by atoms with Crippen molar-refractivity contribution < 1.29 is 28.7 Å². The largest absolute Gasteiger partial charge is 0.489 e. The number of rotatable bonds is 10. The van der Waals surface area contributed by atoms with E-state index in [9.17, 15) is 19.2 Å². The molecule has 4 aromatic rings. The molecule has 0 bridgehead atoms. The highest BCUT2D eigenvalue weighted by atomic mass is 16.5. The molecule has 40 heavy (non-hydrogen) atoms. The SMILES string of the molecule is CC.CC.O=Cc1ccc(OCc2ccccc2)cc1C=O.O=Cc1ccc(OCc2ccccc2)cc1C=O. The van der Waals surface area contributed by atoms with Gasteiger partial charge < -0.3 is 9.47 Å².